The Labute approximate surface area is 269 Å². The minimum atomic E-state index is -0.459. The predicted molar refractivity (Wildman–Crippen MR) is 193 cm³/mol. The molecule has 8 aromatic rings. The predicted octanol–water partition coefficient (Wildman–Crippen LogP) is 11.8. The van der Waals surface area contributed by atoms with Gasteiger partial charge in [0.05, 0.1) is 5.41 Å². The highest BCUT2D eigenvalue weighted by atomic mass is 15.1. The minimum Gasteiger partial charge on any atom is -0.310 e. The standard InChI is InChI=1S/C45H31N/c1-4-13-32(14-5-1)33-27-29-39(30-28-33)46(38-20-8-3-9-21-38)40-22-12-19-37(31-40)45(36-17-6-2-7-18-36)41-23-10-15-34-25-26-35-16-11-24-42(45)44(35)43(34)41/h1-31H. The maximum absolute atomic E-state index is 2.41. The van der Waals surface area contributed by atoms with E-state index in [1.54, 1.807) is 0 Å². The van der Waals surface area contributed by atoms with Crippen LogP contribution in [-0.4, -0.2) is 0 Å². The van der Waals surface area contributed by atoms with E-state index in [9.17, 15) is 0 Å². The maximum Gasteiger partial charge on any atom is 0.0714 e. The van der Waals surface area contributed by atoms with Gasteiger partial charge in [-0.2, -0.15) is 0 Å². The third kappa shape index (κ3) is 3.95. The lowest BCUT2D eigenvalue weighted by Crippen LogP contribution is -2.29. The molecule has 1 aliphatic rings. The van der Waals surface area contributed by atoms with E-state index < -0.39 is 5.41 Å². The van der Waals surface area contributed by atoms with Crippen LogP contribution in [0.15, 0.2) is 188 Å². The first kappa shape index (κ1) is 26.5. The number of rotatable bonds is 6. The highest BCUT2D eigenvalue weighted by molar-refractivity contribution is 6.16. The zero-order chi connectivity index (χ0) is 30.5. The highest BCUT2D eigenvalue weighted by Crippen LogP contribution is 2.56. The van der Waals surface area contributed by atoms with Crippen LogP contribution in [0.5, 0.6) is 0 Å². The van der Waals surface area contributed by atoms with Gasteiger partial charge in [-0.25, -0.2) is 0 Å². The number of anilines is 3. The zero-order valence-electron chi connectivity index (χ0n) is 25.3. The molecule has 216 valence electrons. The van der Waals surface area contributed by atoms with E-state index in [4.69, 9.17) is 0 Å². The molecule has 0 bridgehead atoms. The molecule has 1 nitrogen and oxygen atoms in total. The molecule has 9 rings (SSSR count). The smallest absolute Gasteiger partial charge is 0.0714 e. The zero-order valence-corrected chi connectivity index (χ0v) is 25.3. The van der Waals surface area contributed by atoms with Gasteiger partial charge in [-0.3, -0.25) is 0 Å². The molecular formula is C45H31N. The molecule has 0 N–H and O–H groups in total. The van der Waals surface area contributed by atoms with Gasteiger partial charge < -0.3 is 4.90 Å². The van der Waals surface area contributed by atoms with Crippen LogP contribution in [0, 0.1) is 0 Å². The molecule has 8 aromatic carbocycles. The SMILES string of the molecule is c1ccc(-c2ccc(N(c3ccccc3)c3cccc(C4(c5ccccc5)c5cccc6ccc7cccc4c7c56)c3)cc2)cc1. The van der Waals surface area contributed by atoms with Crippen molar-refractivity contribution in [3.63, 3.8) is 0 Å². The molecule has 0 unspecified atom stereocenters. The van der Waals surface area contributed by atoms with Crippen molar-refractivity contribution in [3.8, 4) is 11.1 Å². The van der Waals surface area contributed by atoms with Gasteiger partial charge in [-0.1, -0.05) is 152 Å². The Bertz CT molecular complexity index is 2280. The summed E-state index contributed by atoms with van der Waals surface area (Å²) in [5.41, 5.74) is 10.6. The van der Waals surface area contributed by atoms with Crippen molar-refractivity contribution in [2.75, 3.05) is 4.90 Å². The molecule has 0 aliphatic heterocycles. The summed E-state index contributed by atoms with van der Waals surface area (Å²) >= 11 is 0. The molecule has 1 heteroatoms. The summed E-state index contributed by atoms with van der Waals surface area (Å²) in [5, 5.41) is 5.30. The van der Waals surface area contributed by atoms with Crippen LogP contribution in [0.3, 0.4) is 0 Å². The van der Waals surface area contributed by atoms with Crippen molar-refractivity contribution >= 4 is 38.6 Å². The van der Waals surface area contributed by atoms with E-state index in [1.807, 2.05) is 0 Å². The number of nitrogens with zero attached hydrogens (tertiary/aromatic N) is 1. The molecule has 0 atom stereocenters. The fourth-order valence-electron chi connectivity index (χ4n) is 7.74. The summed E-state index contributed by atoms with van der Waals surface area (Å²) < 4.78 is 0. The Balaban J connectivity index is 1.28. The van der Waals surface area contributed by atoms with Gasteiger partial charge in [0.15, 0.2) is 0 Å². The van der Waals surface area contributed by atoms with E-state index in [0.717, 1.165) is 17.1 Å². The number of benzene rings is 8. The first-order chi connectivity index (χ1) is 22.8. The van der Waals surface area contributed by atoms with Crippen LogP contribution in [0.2, 0.25) is 0 Å². The lowest BCUT2D eigenvalue weighted by Gasteiger charge is -2.35. The largest absolute Gasteiger partial charge is 0.310 e. The molecule has 0 spiro atoms. The van der Waals surface area contributed by atoms with Crippen LogP contribution in [-0.2, 0) is 5.41 Å². The lowest BCUT2D eigenvalue weighted by molar-refractivity contribution is 0.771. The fraction of sp³-hybridized carbons (Fsp3) is 0.0222. The summed E-state index contributed by atoms with van der Waals surface area (Å²) in [4.78, 5) is 2.38. The van der Waals surface area contributed by atoms with E-state index in [1.165, 1.54) is 54.9 Å². The van der Waals surface area contributed by atoms with Gasteiger partial charge in [0, 0.05) is 17.1 Å². The minimum absolute atomic E-state index is 0.459. The molecule has 1 aliphatic carbocycles. The van der Waals surface area contributed by atoms with Crippen molar-refractivity contribution in [2.45, 2.75) is 5.41 Å². The summed E-state index contributed by atoms with van der Waals surface area (Å²) in [5.74, 6) is 0. The van der Waals surface area contributed by atoms with Gasteiger partial charge >= 0.3 is 0 Å². The van der Waals surface area contributed by atoms with Crippen molar-refractivity contribution in [1.82, 2.24) is 0 Å². The van der Waals surface area contributed by atoms with Crippen LogP contribution < -0.4 is 4.90 Å². The van der Waals surface area contributed by atoms with Crippen molar-refractivity contribution in [3.05, 3.63) is 210 Å². The Morgan fingerprint density at radius 3 is 1.43 bits per heavy atom. The first-order valence-corrected chi connectivity index (χ1v) is 15.9. The highest BCUT2D eigenvalue weighted by Gasteiger charge is 2.45. The molecule has 0 heterocycles. The quantitative estimate of drug-likeness (QED) is 0.175. The Morgan fingerprint density at radius 2 is 0.804 bits per heavy atom. The molecular weight excluding hydrogens is 555 g/mol. The number of hydrogen-bond donors (Lipinski definition) is 0. The summed E-state index contributed by atoms with van der Waals surface area (Å²) in [6, 6.07) is 68.7. The molecule has 0 amide bonds. The topological polar surface area (TPSA) is 3.24 Å². The second-order valence-corrected chi connectivity index (χ2v) is 12.1. The van der Waals surface area contributed by atoms with Crippen molar-refractivity contribution < 1.29 is 0 Å². The third-order valence-electron chi connectivity index (χ3n) is 9.69. The van der Waals surface area contributed by atoms with Crippen LogP contribution in [0.1, 0.15) is 22.3 Å². The summed E-state index contributed by atoms with van der Waals surface area (Å²) in [6.45, 7) is 0. The Kier molecular flexibility index (Phi) is 6.11. The van der Waals surface area contributed by atoms with Gasteiger partial charge in [0.1, 0.15) is 0 Å². The van der Waals surface area contributed by atoms with E-state index >= 15 is 0 Å². The monoisotopic (exact) mass is 585 g/mol. The second kappa shape index (κ2) is 10.6. The molecule has 0 saturated heterocycles. The second-order valence-electron chi connectivity index (χ2n) is 12.1. The van der Waals surface area contributed by atoms with Gasteiger partial charge in [-0.05, 0) is 91.3 Å². The van der Waals surface area contributed by atoms with Gasteiger partial charge in [-0.15, -0.1) is 0 Å². The van der Waals surface area contributed by atoms with Crippen molar-refractivity contribution in [1.29, 1.82) is 0 Å². The van der Waals surface area contributed by atoms with Crippen LogP contribution in [0.25, 0.3) is 32.7 Å². The molecule has 46 heavy (non-hydrogen) atoms. The van der Waals surface area contributed by atoms with E-state index in [0.29, 0.717) is 0 Å². The normalized spacial score (nSPS) is 13.0. The van der Waals surface area contributed by atoms with E-state index in [-0.39, 0.29) is 0 Å². The van der Waals surface area contributed by atoms with Crippen LogP contribution >= 0.6 is 0 Å². The molecule has 0 fully saturated rings. The molecule has 0 aromatic heterocycles. The lowest BCUT2D eigenvalue weighted by atomic mass is 9.67. The van der Waals surface area contributed by atoms with Crippen LogP contribution in [0.4, 0.5) is 17.1 Å². The maximum atomic E-state index is 2.41. The first-order valence-electron chi connectivity index (χ1n) is 15.9. The van der Waals surface area contributed by atoms with E-state index in [2.05, 4.69) is 193 Å². The van der Waals surface area contributed by atoms with Crippen molar-refractivity contribution in [2.24, 2.45) is 0 Å². The average Bonchev–Trinajstić information content (AvgIpc) is 3.45. The summed E-state index contributed by atoms with van der Waals surface area (Å²) in [7, 11) is 0. The van der Waals surface area contributed by atoms with Gasteiger partial charge in [0.25, 0.3) is 0 Å². The number of para-hydroxylation sites is 1. The number of hydrogen-bond acceptors (Lipinski definition) is 1. The fourth-order valence-corrected chi connectivity index (χ4v) is 7.74. The Morgan fingerprint density at radius 1 is 0.326 bits per heavy atom. The third-order valence-corrected chi connectivity index (χ3v) is 9.69. The molecule has 0 saturated carbocycles. The average molecular weight is 586 g/mol. The van der Waals surface area contributed by atoms with Gasteiger partial charge in [0.2, 0.25) is 0 Å². The summed E-state index contributed by atoms with van der Waals surface area (Å²) in [6.07, 6.45) is 0. The Hall–Kier alpha value is -5.92. The molecule has 0 radical (unpaired) electrons.